The molecule has 3 heterocycles. The van der Waals surface area contributed by atoms with Crippen molar-refractivity contribution in [3.05, 3.63) is 17.8 Å². The SMILES string of the molecule is Cc1nc(N2CCN3CCCCC3C2)ccc1N. The van der Waals surface area contributed by atoms with Gasteiger partial charge >= 0.3 is 0 Å². The van der Waals surface area contributed by atoms with Crippen LogP contribution in [0.3, 0.4) is 0 Å². The summed E-state index contributed by atoms with van der Waals surface area (Å²) in [7, 11) is 0. The number of nitrogens with zero attached hydrogens (tertiary/aromatic N) is 3. The summed E-state index contributed by atoms with van der Waals surface area (Å²) in [6.07, 6.45) is 4.09. The minimum absolute atomic E-state index is 0.729. The van der Waals surface area contributed by atoms with Crippen LogP contribution in [0.2, 0.25) is 0 Å². The molecule has 0 amide bonds. The highest BCUT2D eigenvalue weighted by atomic mass is 15.3. The molecule has 2 N–H and O–H groups in total. The third-order valence-corrected chi connectivity index (χ3v) is 4.27. The van der Waals surface area contributed by atoms with Crippen LogP contribution in [0.5, 0.6) is 0 Å². The van der Waals surface area contributed by atoms with Gasteiger partial charge in [-0.2, -0.15) is 0 Å². The number of rotatable bonds is 1. The molecule has 0 radical (unpaired) electrons. The van der Waals surface area contributed by atoms with Crippen molar-refractivity contribution in [2.24, 2.45) is 0 Å². The zero-order valence-corrected chi connectivity index (χ0v) is 11.1. The highest BCUT2D eigenvalue weighted by Crippen LogP contribution is 2.24. The summed E-state index contributed by atoms with van der Waals surface area (Å²) in [4.78, 5) is 9.68. The van der Waals surface area contributed by atoms with E-state index in [2.05, 4.69) is 20.9 Å². The summed E-state index contributed by atoms with van der Waals surface area (Å²) in [6.45, 7) is 6.65. The van der Waals surface area contributed by atoms with Crippen LogP contribution in [0.15, 0.2) is 12.1 Å². The summed E-state index contributed by atoms with van der Waals surface area (Å²) in [6, 6.07) is 4.76. The third kappa shape index (κ3) is 2.17. The smallest absolute Gasteiger partial charge is 0.129 e. The molecule has 4 heteroatoms. The van der Waals surface area contributed by atoms with E-state index in [0.717, 1.165) is 36.3 Å². The third-order valence-electron chi connectivity index (χ3n) is 4.27. The lowest BCUT2D eigenvalue weighted by Crippen LogP contribution is -2.55. The van der Waals surface area contributed by atoms with Gasteiger partial charge in [-0.1, -0.05) is 6.42 Å². The van der Waals surface area contributed by atoms with Crippen LogP contribution in [-0.4, -0.2) is 42.1 Å². The number of nitrogen functional groups attached to an aromatic ring is 1. The molecule has 1 atom stereocenters. The summed E-state index contributed by atoms with van der Waals surface area (Å²) in [5, 5.41) is 0. The van der Waals surface area contributed by atoms with E-state index in [-0.39, 0.29) is 0 Å². The largest absolute Gasteiger partial charge is 0.397 e. The van der Waals surface area contributed by atoms with Crippen LogP contribution in [0, 0.1) is 6.92 Å². The molecule has 2 saturated heterocycles. The molecule has 1 unspecified atom stereocenters. The zero-order chi connectivity index (χ0) is 12.5. The Hall–Kier alpha value is -1.29. The normalized spacial score (nSPS) is 24.9. The van der Waals surface area contributed by atoms with E-state index in [1.54, 1.807) is 0 Å². The molecular weight excluding hydrogens is 224 g/mol. The molecule has 0 aliphatic carbocycles. The Morgan fingerprint density at radius 1 is 1.22 bits per heavy atom. The highest BCUT2D eigenvalue weighted by Gasteiger charge is 2.29. The van der Waals surface area contributed by atoms with E-state index in [0.29, 0.717) is 0 Å². The molecule has 1 aromatic heterocycles. The van der Waals surface area contributed by atoms with Crippen LogP contribution in [0.1, 0.15) is 25.0 Å². The maximum atomic E-state index is 5.84. The lowest BCUT2D eigenvalue weighted by molar-refractivity contribution is 0.133. The van der Waals surface area contributed by atoms with Gasteiger partial charge in [0.25, 0.3) is 0 Å². The summed E-state index contributed by atoms with van der Waals surface area (Å²) < 4.78 is 0. The topological polar surface area (TPSA) is 45.4 Å². The highest BCUT2D eigenvalue weighted by molar-refractivity contribution is 5.50. The quantitative estimate of drug-likeness (QED) is 0.818. The average molecular weight is 246 g/mol. The van der Waals surface area contributed by atoms with Gasteiger partial charge < -0.3 is 10.6 Å². The lowest BCUT2D eigenvalue weighted by atomic mass is 9.99. The molecule has 0 spiro atoms. The molecule has 2 fully saturated rings. The van der Waals surface area contributed by atoms with Crippen LogP contribution in [0.25, 0.3) is 0 Å². The first-order valence-corrected chi connectivity index (χ1v) is 6.96. The van der Waals surface area contributed by atoms with E-state index < -0.39 is 0 Å². The molecule has 0 aromatic carbocycles. The number of fused-ring (bicyclic) bond motifs is 1. The van der Waals surface area contributed by atoms with E-state index in [4.69, 9.17) is 5.73 Å². The Kier molecular flexibility index (Phi) is 3.12. The van der Waals surface area contributed by atoms with Gasteiger partial charge in [0.2, 0.25) is 0 Å². The first-order valence-electron chi connectivity index (χ1n) is 6.96. The van der Waals surface area contributed by atoms with E-state index in [1.165, 1.54) is 32.4 Å². The van der Waals surface area contributed by atoms with Crippen molar-refractivity contribution in [1.82, 2.24) is 9.88 Å². The Balaban J connectivity index is 1.75. The molecule has 0 saturated carbocycles. The second kappa shape index (κ2) is 4.76. The number of piperidine rings is 1. The van der Waals surface area contributed by atoms with Gasteiger partial charge in [0, 0.05) is 25.7 Å². The van der Waals surface area contributed by atoms with Gasteiger partial charge in [-0.3, -0.25) is 4.90 Å². The van der Waals surface area contributed by atoms with Crippen molar-refractivity contribution in [2.45, 2.75) is 32.2 Å². The monoisotopic (exact) mass is 246 g/mol. The van der Waals surface area contributed by atoms with E-state index >= 15 is 0 Å². The molecular formula is C14H22N4. The summed E-state index contributed by atoms with van der Waals surface area (Å²) in [5.74, 6) is 1.09. The number of piperazine rings is 1. The maximum Gasteiger partial charge on any atom is 0.129 e. The fraction of sp³-hybridized carbons (Fsp3) is 0.643. The number of aryl methyl sites for hydroxylation is 1. The molecule has 2 aliphatic rings. The first-order chi connectivity index (χ1) is 8.74. The van der Waals surface area contributed by atoms with Gasteiger partial charge in [0.1, 0.15) is 5.82 Å². The second-order valence-corrected chi connectivity index (χ2v) is 5.48. The fourth-order valence-electron chi connectivity index (χ4n) is 3.10. The van der Waals surface area contributed by atoms with Crippen LogP contribution in [-0.2, 0) is 0 Å². The number of hydrogen-bond acceptors (Lipinski definition) is 4. The number of hydrogen-bond donors (Lipinski definition) is 1. The van der Waals surface area contributed by atoms with E-state index in [9.17, 15) is 0 Å². The van der Waals surface area contributed by atoms with Gasteiger partial charge in [-0.05, 0) is 38.4 Å². The number of aromatic nitrogens is 1. The minimum Gasteiger partial charge on any atom is -0.397 e. The van der Waals surface area contributed by atoms with Crippen molar-refractivity contribution in [3.63, 3.8) is 0 Å². The average Bonchev–Trinajstić information content (AvgIpc) is 2.41. The Bertz CT molecular complexity index is 432. The molecule has 4 nitrogen and oxygen atoms in total. The van der Waals surface area contributed by atoms with Crippen molar-refractivity contribution in [1.29, 1.82) is 0 Å². The Labute approximate surface area is 109 Å². The fourth-order valence-corrected chi connectivity index (χ4v) is 3.10. The van der Waals surface area contributed by atoms with Gasteiger partial charge in [0.05, 0.1) is 11.4 Å². The molecule has 0 bridgehead atoms. The number of nitrogens with two attached hydrogens (primary N) is 1. The van der Waals surface area contributed by atoms with Crippen molar-refractivity contribution >= 4 is 11.5 Å². The van der Waals surface area contributed by atoms with E-state index in [1.807, 2.05) is 13.0 Å². The van der Waals surface area contributed by atoms with Crippen LogP contribution in [0.4, 0.5) is 11.5 Å². The standard InChI is InChI=1S/C14H22N4/c1-11-13(15)5-6-14(16-11)18-9-8-17-7-3-2-4-12(17)10-18/h5-6,12H,2-4,7-10,15H2,1H3. The first kappa shape index (κ1) is 11.8. The predicted molar refractivity (Wildman–Crippen MR) is 74.8 cm³/mol. The van der Waals surface area contributed by atoms with Gasteiger partial charge in [-0.25, -0.2) is 4.98 Å². The summed E-state index contributed by atoms with van der Waals surface area (Å²) >= 11 is 0. The maximum absolute atomic E-state index is 5.84. The predicted octanol–water partition coefficient (Wildman–Crippen LogP) is 1.65. The Morgan fingerprint density at radius 2 is 2.11 bits per heavy atom. The number of anilines is 2. The zero-order valence-electron chi connectivity index (χ0n) is 11.1. The lowest BCUT2D eigenvalue weighted by Gasteiger charge is -2.44. The van der Waals surface area contributed by atoms with Crippen molar-refractivity contribution in [2.75, 3.05) is 36.8 Å². The number of pyridine rings is 1. The molecule has 3 rings (SSSR count). The molecule has 2 aliphatic heterocycles. The molecule has 98 valence electrons. The van der Waals surface area contributed by atoms with Crippen LogP contribution >= 0.6 is 0 Å². The van der Waals surface area contributed by atoms with Gasteiger partial charge in [0.15, 0.2) is 0 Å². The van der Waals surface area contributed by atoms with Crippen molar-refractivity contribution < 1.29 is 0 Å². The van der Waals surface area contributed by atoms with Gasteiger partial charge in [-0.15, -0.1) is 0 Å². The second-order valence-electron chi connectivity index (χ2n) is 5.48. The summed E-state index contributed by atoms with van der Waals surface area (Å²) in [5.41, 5.74) is 7.57. The minimum atomic E-state index is 0.729. The Morgan fingerprint density at radius 3 is 2.94 bits per heavy atom. The molecule has 1 aromatic rings. The van der Waals surface area contributed by atoms with Crippen LogP contribution < -0.4 is 10.6 Å². The molecule has 18 heavy (non-hydrogen) atoms. The van der Waals surface area contributed by atoms with Crippen molar-refractivity contribution in [3.8, 4) is 0 Å².